The molecular formula is C36H48N4O5. The summed E-state index contributed by atoms with van der Waals surface area (Å²) in [6.07, 6.45) is 6.21. The van der Waals surface area contributed by atoms with Crippen molar-refractivity contribution < 1.29 is 24.2 Å². The van der Waals surface area contributed by atoms with E-state index in [4.69, 9.17) is 9.47 Å². The van der Waals surface area contributed by atoms with E-state index in [1.54, 1.807) is 35.5 Å². The van der Waals surface area contributed by atoms with Gasteiger partial charge in [-0.2, -0.15) is 0 Å². The van der Waals surface area contributed by atoms with Crippen molar-refractivity contribution in [1.29, 1.82) is 0 Å². The summed E-state index contributed by atoms with van der Waals surface area (Å²) in [5.74, 6) is 0.0145. The van der Waals surface area contributed by atoms with E-state index in [2.05, 4.69) is 29.2 Å². The fourth-order valence-electron chi connectivity index (χ4n) is 5.62. The Morgan fingerprint density at radius 2 is 1.84 bits per heavy atom. The molecule has 0 saturated carbocycles. The molecule has 0 radical (unpaired) electrons. The van der Waals surface area contributed by atoms with Crippen LogP contribution in [0.1, 0.15) is 61.5 Å². The number of benzene rings is 2. The number of rotatable bonds is 9. The Balaban J connectivity index is 1.59. The molecule has 2 N–H and O–H groups in total. The highest BCUT2D eigenvalue weighted by Gasteiger charge is 2.30. The number of hydrogen-bond donors (Lipinski definition) is 2. The van der Waals surface area contributed by atoms with Gasteiger partial charge < -0.3 is 24.8 Å². The molecule has 0 aliphatic carbocycles. The zero-order valence-electron chi connectivity index (χ0n) is 27.0. The molecule has 1 aliphatic rings. The quantitative estimate of drug-likeness (QED) is 0.341. The van der Waals surface area contributed by atoms with Crippen LogP contribution in [0, 0.1) is 5.92 Å². The second kappa shape index (κ2) is 17.1. The Morgan fingerprint density at radius 1 is 1.09 bits per heavy atom. The molecule has 3 aromatic rings. The summed E-state index contributed by atoms with van der Waals surface area (Å²) in [6.45, 7) is 8.20. The first-order chi connectivity index (χ1) is 21.7. The second-order valence-electron chi connectivity index (χ2n) is 12.3. The monoisotopic (exact) mass is 616 g/mol. The normalized spacial score (nSPS) is 20.5. The van der Waals surface area contributed by atoms with Crippen LogP contribution in [0.15, 0.2) is 73.1 Å². The van der Waals surface area contributed by atoms with Crippen molar-refractivity contribution in [2.75, 3.05) is 38.7 Å². The molecule has 0 unspecified atom stereocenters. The Hall–Kier alpha value is -3.79. The first kappa shape index (κ1) is 34.1. The fourth-order valence-corrected chi connectivity index (χ4v) is 5.62. The van der Waals surface area contributed by atoms with E-state index in [1.807, 2.05) is 56.3 Å². The van der Waals surface area contributed by atoms with Gasteiger partial charge in [-0.15, -0.1) is 0 Å². The molecule has 2 heterocycles. The molecule has 45 heavy (non-hydrogen) atoms. The number of amides is 2. The maximum absolute atomic E-state index is 14.3. The number of nitrogens with one attached hydrogen (secondary N) is 1. The third-order valence-corrected chi connectivity index (χ3v) is 8.24. The van der Waals surface area contributed by atoms with Gasteiger partial charge in [0.1, 0.15) is 5.75 Å². The number of fused-ring (bicyclic) bond motifs is 1. The maximum atomic E-state index is 14.3. The van der Waals surface area contributed by atoms with E-state index in [0.717, 1.165) is 31.4 Å². The minimum absolute atomic E-state index is 0.0252. The van der Waals surface area contributed by atoms with Crippen LogP contribution in [0.3, 0.4) is 0 Å². The van der Waals surface area contributed by atoms with Gasteiger partial charge in [-0.1, -0.05) is 37.3 Å². The summed E-state index contributed by atoms with van der Waals surface area (Å²) in [4.78, 5) is 35.3. The van der Waals surface area contributed by atoms with Gasteiger partial charge in [0.05, 0.1) is 36.8 Å². The average molecular weight is 617 g/mol. The molecule has 0 bridgehead atoms. The predicted octanol–water partition coefficient (Wildman–Crippen LogP) is 5.19. The number of pyridine rings is 1. The lowest BCUT2D eigenvalue weighted by atomic mass is 10.0. The van der Waals surface area contributed by atoms with E-state index in [1.165, 1.54) is 5.56 Å². The predicted molar refractivity (Wildman–Crippen MR) is 176 cm³/mol. The van der Waals surface area contributed by atoms with Gasteiger partial charge in [-0.3, -0.25) is 19.5 Å². The third kappa shape index (κ3) is 10.4. The molecule has 9 heteroatoms. The van der Waals surface area contributed by atoms with Crippen LogP contribution < -0.4 is 10.1 Å². The smallest absolute Gasteiger partial charge is 0.258 e. The molecule has 1 aliphatic heterocycles. The number of carbonyl (C=O) groups excluding carboxylic acids is 2. The van der Waals surface area contributed by atoms with Crippen molar-refractivity contribution in [3.05, 3.63) is 89.7 Å². The lowest BCUT2D eigenvalue weighted by Gasteiger charge is -2.36. The van der Waals surface area contributed by atoms with Crippen LogP contribution >= 0.6 is 0 Å². The van der Waals surface area contributed by atoms with Gasteiger partial charge in [0.15, 0.2) is 0 Å². The minimum Gasteiger partial charge on any atom is -0.490 e. The first-order valence-electron chi connectivity index (χ1n) is 16.0. The van der Waals surface area contributed by atoms with Crippen LogP contribution in [-0.2, 0) is 22.5 Å². The van der Waals surface area contributed by atoms with Gasteiger partial charge in [0, 0.05) is 50.2 Å². The van der Waals surface area contributed by atoms with Crippen molar-refractivity contribution in [2.24, 2.45) is 5.92 Å². The number of carbonyl (C=O) groups is 2. The Morgan fingerprint density at radius 3 is 2.58 bits per heavy atom. The van der Waals surface area contributed by atoms with Crippen LogP contribution in [-0.4, -0.2) is 83.3 Å². The largest absolute Gasteiger partial charge is 0.490 e. The highest BCUT2D eigenvalue weighted by molar-refractivity contribution is 6.00. The summed E-state index contributed by atoms with van der Waals surface area (Å²) < 4.78 is 12.8. The number of anilines is 1. The van der Waals surface area contributed by atoms with E-state index in [0.29, 0.717) is 36.7 Å². The van der Waals surface area contributed by atoms with Gasteiger partial charge in [-0.05, 0) is 81.6 Å². The van der Waals surface area contributed by atoms with Crippen molar-refractivity contribution >= 4 is 17.5 Å². The summed E-state index contributed by atoms with van der Waals surface area (Å²) >= 11 is 0. The number of aliphatic hydroxyl groups excluding tert-OH is 1. The Labute approximate surface area is 267 Å². The summed E-state index contributed by atoms with van der Waals surface area (Å²) in [5.41, 5.74) is 2.95. The molecule has 2 aromatic carbocycles. The van der Waals surface area contributed by atoms with E-state index in [-0.39, 0.29) is 43.0 Å². The molecule has 2 amide bonds. The third-order valence-electron chi connectivity index (χ3n) is 8.24. The lowest BCUT2D eigenvalue weighted by molar-refractivity contribution is -0.115. The molecular weight excluding hydrogens is 568 g/mol. The SMILES string of the molecule is C[C@@H]1CCCCO[C@@H](CN(C)Cc2ccncc2)[C@@H](C)CN([C@H](C)CO)C(=O)c2cc(NC(=O)Cc3ccccc3)ccc2O1. The number of aromatic nitrogens is 1. The van der Waals surface area contributed by atoms with E-state index in [9.17, 15) is 14.7 Å². The minimum atomic E-state index is -0.440. The average Bonchev–Trinajstić information content (AvgIpc) is 3.03. The molecule has 9 nitrogen and oxygen atoms in total. The molecule has 4 rings (SSSR count). The highest BCUT2D eigenvalue weighted by Crippen LogP contribution is 2.28. The maximum Gasteiger partial charge on any atom is 0.258 e. The van der Waals surface area contributed by atoms with Gasteiger partial charge in [-0.25, -0.2) is 0 Å². The molecule has 242 valence electrons. The van der Waals surface area contributed by atoms with Crippen LogP contribution in [0.5, 0.6) is 5.75 Å². The van der Waals surface area contributed by atoms with Crippen LogP contribution in [0.25, 0.3) is 0 Å². The fraction of sp³-hybridized carbons (Fsp3) is 0.472. The molecule has 0 fully saturated rings. The highest BCUT2D eigenvalue weighted by atomic mass is 16.5. The summed E-state index contributed by atoms with van der Waals surface area (Å²) in [5, 5.41) is 13.2. The zero-order valence-corrected chi connectivity index (χ0v) is 27.0. The van der Waals surface area contributed by atoms with Gasteiger partial charge in [0.2, 0.25) is 5.91 Å². The Bertz CT molecular complexity index is 1360. The summed E-state index contributed by atoms with van der Waals surface area (Å²) in [6, 6.07) is 18.3. The number of hydrogen-bond acceptors (Lipinski definition) is 7. The number of aliphatic hydroxyl groups is 1. The van der Waals surface area contributed by atoms with E-state index < -0.39 is 6.04 Å². The zero-order chi connectivity index (χ0) is 32.2. The Kier molecular flexibility index (Phi) is 12.9. The summed E-state index contributed by atoms with van der Waals surface area (Å²) in [7, 11) is 2.07. The molecule has 4 atom stereocenters. The topological polar surface area (TPSA) is 104 Å². The van der Waals surface area contributed by atoms with Crippen molar-refractivity contribution in [2.45, 2.75) is 71.2 Å². The molecule has 0 spiro atoms. The van der Waals surface area contributed by atoms with Crippen molar-refractivity contribution in [3.63, 3.8) is 0 Å². The number of nitrogens with zero attached hydrogens (tertiary/aromatic N) is 3. The lowest BCUT2D eigenvalue weighted by Crippen LogP contribution is -2.47. The van der Waals surface area contributed by atoms with Crippen LogP contribution in [0.2, 0.25) is 0 Å². The number of likely N-dealkylation sites (N-methyl/N-ethyl adjacent to an activating group) is 1. The number of ether oxygens (including phenoxy) is 2. The van der Waals surface area contributed by atoms with Gasteiger partial charge in [0.25, 0.3) is 5.91 Å². The van der Waals surface area contributed by atoms with E-state index >= 15 is 0 Å². The molecule has 1 aromatic heterocycles. The van der Waals surface area contributed by atoms with Gasteiger partial charge >= 0.3 is 0 Å². The van der Waals surface area contributed by atoms with Crippen molar-refractivity contribution in [1.82, 2.24) is 14.8 Å². The molecule has 0 saturated heterocycles. The second-order valence-corrected chi connectivity index (χ2v) is 12.3. The van der Waals surface area contributed by atoms with Crippen molar-refractivity contribution in [3.8, 4) is 5.75 Å². The van der Waals surface area contributed by atoms with Crippen LogP contribution in [0.4, 0.5) is 5.69 Å². The standard InChI is InChI=1S/C36H48N4O5/c1-26-22-40(27(2)25-41)36(43)32-21-31(38-35(42)20-29-11-6-5-7-12-29)13-14-33(32)45-28(3)10-8-9-19-44-34(26)24-39(4)23-30-15-17-37-18-16-30/h5-7,11-18,21,26-28,34,41H,8-10,19-20,22-25H2,1-4H3,(H,38,42)/t26-,27+,28+,34-/m0/s1. The first-order valence-corrected chi connectivity index (χ1v) is 16.0.